The van der Waals surface area contributed by atoms with Gasteiger partial charge in [0.05, 0.1) is 0 Å². The highest BCUT2D eigenvalue weighted by Crippen LogP contribution is 2.14. The third-order valence-corrected chi connectivity index (χ3v) is 2.88. The number of aryl methyl sites for hydroxylation is 1. The van der Waals surface area contributed by atoms with E-state index < -0.39 is 0 Å². The molecule has 2 rings (SSSR count). The van der Waals surface area contributed by atoms with Crippen LogP contribution in [0.2, 0.25) is 0 Å². The number of benzene rings is 1. The standard InChI is InChI=1S/C15H14FNO/c1-2-11-4-6-14(17-9-11)8-13-5-3-12(10-18)7-15(13)16/h3-7,9-10H,2,8H2,1H3. The van der Waals surface area contributed by atoms with E-state index >= 15 is 0 Å². The molecule has 1 heterocycles. The number of pyridine rings is 1. The molecule has 1 aromatic heterocycles. The van der Waals surface area contributed by atoms with Crippen LogP contribution in [0.1, 0.15) is 34.1 Å². The molecule has 0 saturated heterocycles. The van der Waals surface area contributed by atoms with Gasteiger partial charge in [0, 0.05) is 23.9 Å². The van der Waals surface area contributed by atoms with Crippen molar-refractivity contribution in [2.75, 3.05) is 0 Å². The number of hydrogen-bond donors (Lipinski definition) is 0. The summed E-state index contributed by atoms with van der Waals surface area (Å²) >= 11 is 0. The second-order valence-corrected chi connectivity index (χ2v) is 4.16. The van der Waals surface area contributed by atoms with Crippen LogP contribution in [0.4, 0.5) is 4.39 Å². The molecule has 0 spiro atoms. The lowest BCUT2D eigenvalue weighted by Gasteiger charge is -2.04. The molecule has 92 valence electrons. The Morgan fingerprint density at radius 2 is 2.11 bits per heavy atom. The summed E-state index contributed by atoms with van der Waals surface area (Å²) < 4.78 is 13.7. The van der Waals surface area contributed by atoms with Crippen LogP contribution in [-0.4, -0.2) is 11.3 Å². The zero-order chi connectivity index (χ0) is 13.0. The molecule has 0 atom stereocenters. The zero-order valence-corrected chi connectivity index (χ0v) is 10.2. The second kappa shape index (κ2) is 5.54. The Bertz CT molecular complexity index is 549. The molecule has 0 aliphatic rings. The van der Waals surface area contributed by atoms with E-state index in [-0.39, 0.29) is 5.82 Å². The molecule has 1 aromatic carbocycles. The summed E-state index contributed by atoms with van der Waals surface area (Å²) in [4.78, 5) is 14.8. The van der Waals surface area contributed by atoms with Crippen molar-refractivity contribution in [2.24, 2.45) is 0 Å². The molecule has 0 bridgehead atoms. The van der Waals surface area contributed by atoms with Gasteiger partial charge in [-0.15, -0.1) is 0 Å². The lowest BCUT2D eigenvalue weighted by atomic mass is 10.1. The van der Waals surface area contributed by atoms with Crippen LogP contribution in [0.15, 0.2) is 36.5 Å². The van der Waals surface area contributed by atoms with Crippen LogP contribution in [0.25, 0.3) is 0 Å². The Balaban J connectivity index is 2.19. The molecule has 0 saturated carbocycles. The van der Waals surface area contributed by atoms with Gasteiger partial charge in [-0.25, -0.2) is 4.39 Å². The van der Waals surface area contributed by atoms with E-state index in [4.69, 9.17) is 0 Å². The third-order valence-electron chi connectivity index (χ3n) is 2.88. The van der Waals surface area contributed by atoms with Gasteiger partial charge in [-0.1, -0.05) is 25.1 Å². The predicted molar refractivity (Wildman–Crippen MR) is 68.2 cm³/mol. The van der Waals surface area contributed by atoms with Gasteiger partial charge in [0.1, 0.15) is 12.1 Å². The summed E-state index contributed by atoms with van der Waals surface area (Å²) in [6.07, 6.45) is 3.83. The molecule has 2 aromatic rings. The summed E-state index contributed by atoms with van der Waals surface area (Å²) in [5.41, 5.74) is 2.89. The molecule has 0 unspecified atom stereocenters. The second-order valence-electron chi connectivity index (χ2n) is 4.16. The fourth-order valence-electron chi connectivity index (χ4n) is 1.74. The van der Waals surface area contributed by atoms with Gasteiger partial charge >= 0.3 is 0 Å². The molecule has 0 N–H and O–H groups in total. The van der Waals surface area contributed by atoms with Gasteiger partial charge in [-0.2, -0.15) is 0 Å². The first kappa shape index (κ1) is 12.4. The average molecular weight is 243 g/mol. The first-order valence-corrected chi connectivity index (χ1v) is 5.90. The predicted octanol–water partition coefficient (Wildman–Crippen LogP) is 3.19. The first-order valence-electron chi connectivity index (χ1n) is 5.90. The van der Waals surface area contributed by atoms with Gasteiger partial charge in [-0.3, -0.25) is 9.78 Å². The van der Waals surface area contributed by atoms with Gasteiger partial charge in [0.25, 0.3) is 0 Å². The normalized spacial score (nSPS) is 10.3. The Kier molecular flexibility index (Phi) is 3.82. The molecule has 0 radical (unpaired) electrons. The van der Waals surface area contributed by atoms with Crippen molar-refractivity contribution in [3.8, 4) is 0 Å². The van der Waals surface area contributed by atoms with Crippen LogP contribution in [-0.2, 0) is 12.8 Å². The maximum absolute atomic E-state index is 13.7. The van der Waals surface area contributed by atoms with E-state index in [1.165, 1.54) is 6.07 Å². The van der Waals surface area contributed by atoms with E-state index in [0.717, 1.165) is 17.7 Å². The van der Waals surface area contributed by atoms with Crippen LogP contribution < -0.4 is 0 Å². The molecule has 3 heteroatoms. The Hall–Kier alpha value is -2.03. The minimum atomic E-state index is -0.360. The van der Waals surface area contributed by atoms with Crippen LogP contribution >= 0.6 is 0 Å². The topological polar surface area (TPSA) is 30.0 Å². The fraction of sp³-hybridized carbons (Fsp3) is 0.200. The van der Waals surface area contributed by atoms with E-state index in [1.807, 2.05) is 18.3 Å². The number of hydrogen-bond acceptors (Lipinski definition) is 2. The smallest absolute Gasteiger partial charge is 0.150 e. The summed E-state index contributed by atoms with van der Waals surface area (Å²) in [6, 6.07) is 8.41. The number of aldehydes is 1. The monoisotopic (exact) mass is 243 g/mol. The van der Waals surface area contributed by atoms with Crippen molar-refractivity contribution in [2.45, 2.75) is 19.8 Å². The molecular weight excluding hydrogens is 229 g/mol. The van der Waals surface area contributed by atoms with Crippen molar-refractivity contribution in [3.63, 3.8) is 0 Å². The number of carbonyl (C=O) groups excluding carboxylic acids is 1. The molecule has 2 nitrogen and oxygen atoms in total. The number of nitrogens with zero attached hydrogens (tertiary/aromatic N) is 1. The average Bonchev–Trinajstić information content (AvgIpc) is 2.42. The SMILES string of the molecule is CCc1ccc(Cc2ccc(C=O)cc2F)nc1. The van der Waals surface area contributed by atoms with E-state index in [9.17, 15) is 9.18 Å². The van der Waals surface area contributed by atoms with Crippen molar-refractivity contribution >= 4 is 6.29 Å². The van der Waals surface area contributed by atoms with Gasteiger partial charge < -0.3 is 0 Å². The van der Waals surface area contributed by atoms with E-state index in [2.05, 4.69) is 11.9 Å². The third kappa shape index (κ3) is 2.80. The Labute approximate surface area is 105 Å². The summed E-state index contributed by atoms with van der Waals surface area (Å²) in [5.74, 6) is -0.360. The maximum atomic E-state index is 13.7. The van der Waals surface area contributed by atoms with Gasteiger partial charge in [0.2, 0.25) is 0 Å². The lowest BCUT2D eigenvalue weighted by molar-refractivity contribution is 0.112. The minimum Gasteiger partial charge on any atom is -0.298 e. The number of carbonyl (C=O) groups is 1. The van der Waals surface area contributed by atoms with E-state index in [0.29, 0.717) is 23.8 Å². The summed E-state index contributed by atoms with van der Waals surface area (Å²) in [5, 5.41) is 0. The van der Waals surface area contributed by atoms with Crippen molar-refractivity contribution in [3.05, 3.63) is 64.7 Å². The molecule has 0 aliphatic heterocycles. The highest BCUT2D eigenvalue weighted by Gasteiger charge is 2.05. The van der Waals surface area contributed by atoms with Crippen LogP contribution in [0, 0.1) is 5.82 Å². The number of halogens is 1. The summed E-state index contributed by atoms with van der Waals surface area (Å²) in [7, 11) is 0. The minimum absolute atomic E-state index is 0.352. The van der Waals surface area contributed by atoms with Crippen LogP contribution in [0.3, 0.4) is 0 Å². The molecule has 18 heavy (non-hydrogen) atoms. The number of rotatable bonds is 4. The highest BCUT2D eigenvalue weighted by molar-refractivity contribution is 5.74. The Morgan fingerprint density at radius 1 is 1.28 bits per heavy atom. The highest BCUT2D eigenvalue weighted by atomic mass is 19.1. The first-order chi connectivity index (χ1) is 8.72. The van der Waals surface area contributed by atoms with Crippen molar-refractivity contribution in [1.82, 2.24) is 4.98 Å². The fourth-order valence-corrected chi connectivity index (χ4v) is 1.74. The van der Waals surface area contributed by atoms with E-state index in [1.54, 1.807) is 12.1 Å². The summed E-state index contributed by atoms with van der Waals surface area (Å²) in [6.45, 7) is 2.06. The molecule has 0 fully saturated rings. The molecule has 0 aliphatic carbocycles. The van der Waals surface area contributed by atoms with Crippen LogP contribution in [0.5, 0.6) is 0 Å². The lowest BCUT2D eigenvalue weighted by Crippen LogP contribution is -1.97. The zero-order valence-electron chi connectivity index (χ0n) is 10.2. The largest absolute Gasteiger partial charge is 0.298 e. The number of aromatic nitrogens is 1. The van der Waals surface area contributed by atoms with Crippen molar-refractivity contribution in [1.29, 1.82) is 0 Å². The van der Waals surface area contributed by atoms with Gasteiger partial charge in [-0.05, 0) is 29.7 Å². The molecule has 0 amide bonds. The van der Waals surface area contributed by atoms with Gasteiger partial charge in [0.15, 0.2) is 0 Å². The maximum Gasteiger partial charge on any atom is 0.150 e. The molecular formula is C15H14FNO. The van der Waals surface area contributed by atoms with Crippen molar-refractivity contribution < 1.29 is 9.18 Å². The Morgan fingerprint density at radius 3 is 2.67 bits per heavy atom. The quantitative estimate of drug-likeness (QED) is 0.772.